The Morgan fingerprint density at radius 1 is 0.727 bits per heavy atom. The lowest BCUT2D eigenvalue weighted by molar-refractivity contribution is -0.126. The smallest absolute Gasteiger partial charge is 0.238 e. The van der Waals surface area contributed by atoms with Crippen LogP contribution in [0.15, 0.2) is 72.3 Å². The highest BCUT2D eigenvalue weighted by Gasteiger charge is 2.62. The number of methoxy groups -OCH3 is 1. The first-order chi connectivity index (χ1) is 21.1. The first-order valence-electron chi connectivity index (χ1n) is 14.1. The van der Waals surface area contributed by atoms with Gasteiger partial charge in [-0.05, 0) is 85.0 Å². The van der Waals surface area contributed by atoms with Crippen molar-refractivity contribution in [3.63, 3.8) is 0 Å². The highest BCUT2D eigenvalue weighted by Crippen LogP contribution is 2.59. The molecule has 3 aromatic carbocycles. The van der Waals surface area contributed by atoms with Gasteiger partial charge in [0.05, 0.1) is 47.2 Å². The summed E-state index contributed by atoms with van der Waals surface area (Å²) in [5.74, 6) is -5.58. The highest BCUT2D eigenvalue weighted by atomic mass is 35.5. The van der Waals surface area contributed by atoms with E-state index >= 15 is 0 Å². The summed E-state index contributed by atoms with van der Waals surface area (Å²) in [6, 6.07) is 16.2. The number of amides is 4. The van der Waals surface area contributed by atoms with E-state index in [1.165, 1.54) is 16.9 Å². The van der Waals surface area contributed by atoms with Gasteiger partial charge in [-0.25, -0.2) is 0 Å². The molecule has 0 aromatic heterocycles. The van der Waals surface area contributed by atoms with Crippen molar-refractivity contribution < 1.29 is 29.0 Å². The molecule has 11 heteroatoms. The summed E-state index contributed by atoms with van der Waals surface area (Å²) < 4.78 is 5.38. The summed E-state index contributed by atoms with van der Waals surface area (Å²) in [7, 11) is 1.40. The Labute approximate surface area is 267 Å². The topological polar surface area (TPSA) is 104 Å². The maximum Gasteiger partial charge on any atom is 0.238 e. The Bertz CT molecular complexity index is 1770. The molecule has 1 saturated carbocycles. The molecule has 2 heterocycles. The number of imide groups is 2. The number of ether oxygens (including phenoxy) is 1. The predicted molar refractivity (Wildman–Crippen MR) is 165 cm³/mol. The van der Waals surface area contributed by atoms with E-state index in [4.69, 9.17) is 39.5 Å². The van der Waals surface area contributed by atoms with Gasteiger partial charge in [0.25, 0.3) is 0 Å². The van der Waals surface area contributed by atoms with Crippen LogP contribution >= 0.6 is 34.8 Å². The van der Waals surface area contributed by atoms with Crippen molar-refractivity contribution in [2.24, 2.45) is 29.6 Å². The second-order valence-electron chi connectivity index (χ2n) is 11.6. The van der Waals surface area contributed by atoms with Gasteiger partial charge in [0, 0.05) is 16.0 Å². The molecule has 0 spiro atoms. The Hall–Kier alpha value is -3.85. The van der Waals surface area contributed by atoms with E-state index in [1.54, 1.807) is 60.7 Å². The Balaban J connectivity index is 1.35. The number of carbonyl (C=O) groups excluding carboxylic acids is 4. The fourth-order valence-electron chi connectivity index (χ4n) is 7.58. The van der Waals surface area contributed by atoms with Crippen LogP contribution in [0.2, 0.25) is 15.1 Å². The molecule has 7 rings (SSSR count). The van der Waals surface area contributed by atoms with Crippen molar-refractivity contribution >= 4 is 69.8 Å². The zero-order chi connectivity index (χ0) is 31.0. The molecule has 3 fully saturated rings. The fourth-order valence-corrected chi connectivity index (χ4v) is 8.05. The number of phenolic OH excluding ortho intramolecular Hbond substituents is 1. The number of aromatic hydroxyl groups is 1. The lowest BCUT2D eigenvalue weighted by atomic mass is 9.57. The first kappa shape index (κ1) is 28.9. The lowest BCUT2D eigenvalue weighted by Crippen LogP contribution is -2.43. The normalized spacial score (nSPS) is 27.7. The third-order valence-electron chi connectivity index (χ3n) is 9.45. The number of rotatable bonds is 4. The van der Waals surface area contributed by atoms with Gasteiger partial charge in [-0.15, -0.1) is 0 Å². The molecule has 0 unspecified atom stereocenters. The van der Waals surface area contributed by atoms with Crippen molar-refractivity contribution in [2.75, 3.05) is 16.9 Å². The molecule has 2 saturated heterocycles. The van der Waals surface area contributed by atoms with E-state index in [1.807, 2.05) is 6.08 Å². The number of hydrogen-bond acceptors (Lipinski definition) is 6. The van der Waals surface area contributed by atoms with Gasteiger partial charge >= 0.3 is 0 Å². The summed E-state index contributed by atoms with van der Waals surface area (Å²) in [5, 5.41) is 11.5. The van der Waals surface area contributed by atoms with Crippen molar-refractivity contribution in [2.45, 2.75) is 18.8 Å². The summed E-state index contributed by atoms with van der Waals surface area (Å²) in [5.41, 5.74) is 2.20. The van der Waals surface area contributed by atoms with E-state index in [2.05, 4.69) is 0 Å². The molecule has 4 amide bonds. The number of nitrogens with zero attached hydrogens (tertiary/aromatic N) is 2. The second-order valence-corrected chi connectivity index (χ2v) is 12.8. The predicted octanol–water partition coefficient (Wildman–Crippen LogP) is 6.41. The van der Waals surface area contributed by atoms with Crippen LogP contribution in [-0.2, 0) is 19.2 Å². The molecule has 44 heavy (non-hydrogen) atoms. The molecule has 1 N–H and O–H groups in total. The summed E-state index contributed by atoms with van der Waals surface area (Å²) in [4.78, 5) is 58.4. The van der Waals surface area contributed by atoms with Crippen LogP contribution in [0.5, 0.6) is 11.5 Å². The molecule has 0 bridgehead atoms. The van der Waals surface area contributed by atoms with Gasteiger partial charge in [-0.2, -0.15) is 0 Å². The zero-order valence-corrected chi connectivity index (χ0v) is 25.5. The van der Waals surface area contributed by atoms with Crippen LogP contribution in [0, 0.1) is 29.6 Å². The Morgan fingerprint density at radius 2 is 1.27 bits per heavy atom. The molecule has 8 nitrogen and oxygen atoms in total. The number of carbonyl (C=O) groups is 4. The Kier molecular flexibility index (Phi) is 6.99. The van der Waals surface area contributed by atoms with E-state index in [0.717, 1.165) is 5.57 Å². The van der Waals surface area contributed by atoms with E-state index in [-0.39, 0.29) is 46.6 Å². The number of benzene rings is 3. The van der Waals surface area contributed by atoms with Crippen molar-refractivity contribution in [3.8, 4) is 11.5 Å². The highest BCUT2D eigenvalue weighted by molar-refractivity contribution is 6.32. The fraction of sp³-hybridized carbons (Fsp3) is 0.273. The average molecular weight is 652 g/mol. The maximum atomic E-state index is 14.2. The quantitative estimate of drug-likeness (QED) is 0.259. The van der Waals surface area contributed by atoms with Crippen LogP contribution in [-0.4, -0.2) is 35.8 Å². The number of anilines is 2. The maximum absolute atomic E-state index is 14.2. The van der Waals surface area contributed by atoms with Gasteiger partial charge in [0.15, 0.2) is 11.5 Å². The van der Waals surface area contributed by atoms with E-state index < -0.39 is 35.5 Å². The largest absolute Gasteiger partial charge is 0.503 e. The number of allylic oxidation sites excluding steroid dienone is 2. The Morgan fingerprint density at radius 3 is 1.84 bits per heavy atom. The first-order valence-corrected chi connectivity index (χ1v) is 15.3. The molecule has 6 atom stereocenters. The minimum Gasteiger partial charge on any atom is -0.503 e. The van der Waals surface area contributed by atoms with Gasteiger partial charge in [-0.3, -0.25) is 29.0 Å². The van der Waals surface area contributed by atoms with Crippen LogP contribution in [0.3, 0.4) is 0 Å². The standard InChI is InChI=1S/C33H25Cl3N2O6/c1-44-25-13-15(12-24(36)29(25)39)26-20-10-11-21-27(32(42)37(30(21)40)18-6-2-16(34)3-7-18)22(20)14-23-28(26)33(43)38(31(23)41)19-8-4-17(35)5-9-19/h2-10,12-13,21-23,26-28,39H,11,14H2,1H3/t21-,22+,23+,26-,27-,28+/m0/s1. The minimum absolute atomic E-state index is 0.0275. The van der Waals surface area contributed by atoms with E-state index in [9.17, 15) is 24.3 Å². The van der Waals surface area contributed by atoms with Gasteiger partial charge in [0.1, 0.15) is 0 Å². The van der Waals surface area contributed by atoms with Crippen molar-refractivity contribution in [1.29, 1.82) is 0 Å². The third kappa shape index (κ3) is 4.26. The molecular formula is C33H25Cl3N2O6. The zero-order valence-electron chi connectivity index (χ0n) is 23.2. The summed E-state index contributed by atoms with van der Waals surface area (Å²) in [6.07, 6.45) is 2.46. The monoisotopic (exact) mass is 650 g/mol. The molecule has 3 aromatic rings. The van der Waals surface area contributed by atoms with Crippen LogP contribution in [0.25, 0.3) is 0 Å². The molecule has 2 aliphatic heterocycles. The SMILES string of the molecule is COc1cc([C@H]2C3=CC[C@@H]4C(=O)N(c5ccc(Cl)cc5)C(=O)[C@@H]4[C@@H]3C[C@H]3C(=O)N(c4ccc(Cl)cc4)C(=O)[C@@H]23)cc(Cl)c1O. The van der Waals surface area contributed by atoms with Gasteiger partial charge in [0.2, 0.25) is 23.6 Å². The lowest BCUT2D eigenvalue weighted by Gasteiger charge is -2.44. The van der Waals surface area contributed by atoms with Gasteiger partial charge in [-0.1, -0.05) is 46.5 Å². The molecule has 0 radical (unpaired) electrons. The molecule has 2 aliphatic carbocycles. The summed E-state index contributed by atoms with van der Waals surface area (Å²) >= 11 is 18.6. The number of hydrogen-bond donors (Lipinski definition) is 1. The minimum atomic E-state index is -0.804. The van der Waals surface area contributed by atoms with Crippen LogP contribution < -0.4 is 14.5 Å². The van der Waals surface area contributed by atoms with E-state index in [0.29, 0.717) is 33.4 Å². The molecular weight excluding hydrogens is 627 g/mol. The number of halogens is 3. The summed E-state index contributed by atoms with van der Waals surface area (Å²) in [6.45, 7) is 0. The van der Waals surface area contributed by atoms with Gasteiger partial charge < -0.3 is 9.84 Å². The second kappa shape index (κ2) is 10.6. The number of fused-ring (bicyclic) bond motifs is 4. The van der Waals surface area contributed by atoms with Crippen molar-refractivity contribution in [3.05, 3.63) is 92.9 Å². The molecule has 224 valence electrons. The van der Waals surface area contributed by atoms with Crippen LogP contribution in [0.1, 0.15) is 24.3 Å². The van der Waals surface area contributed by atoms with Crippen LogP contribution in [0.4, 0.5) is 11.4 Å². The average Bonchev–Trinajstić information content (AvgIpc) is 3.42. The van der Waals surface area contributed by atoms with Crippen molar-refractivity contribution in [1.82, 2.24) is 0 Å². The molecule has 4 aliphatic rings. The third-order valence-corrected chi connectivity index (χ3v) is 10.2. The number of phenols is 1.